The molecule has 1 N–H and O–H groups in total. The zero-order valence-electron chi connectivity index (χ0n) is 19.0. The van der Waals surface area contributed by atoms with Crippen molar-refractivity contribution < 1.29 is 14.3 Å². The molecule has 2 heterocycles. The Labute approximate surface area is 188 Å². The number of nitrogens with one attached hydrogen (secondary N) is 1. The minimum Gasteiger partial charge on any atom is -0.491 e. The number of rotatable bonds is 10. The maximum absolute atomic E-state index is 13.0. The molecule has 0 radical (unpaired) electrons. The number of esters is 1. The van der Waals surface area contributed by atoms with Crippen molar-refractivity contribution in [3.8, 4) is 5.75 Å². The standard InChI is InChI=1S/C23H32N4O3S/c1-6-8-13-31-23-25-22-24-16(5)19(21(28)29-12-7-2)20(27(22)26-23)17-10-9-11-18(14-17)30-15(3)4/h9-11,14-15,20H,6-8,12-13H2,1-5H3,(H,24,25,26). The van der Waals surface area contributed by atoms with Crippen molar-refractivity contribution in [1.82, 2.24) is 14.8 Å². The van der Waals surface area contributed by atoms with Crippen LogP contribution in [0.3, 0.4) is 0 Å². The van der Waals surface area contributed by atoms with Crippen molar-refractivity contribution in [1.29, 1.82) is 0 Å². The lowest BCUT2D eigenvalue weighted by molar-refractivity contribution is -0.139. The van der Waals surface area contributed by atoms with Gasteiger partial charge in [-0.2, -0.15) is 4.98 Å². The molecular formula is C23H32N4O3S. The number of thioether (sulfide) groups is 1. The van der Waals surface area contributed by atoms with Gasteiger partial charge < -0.3 is 14.8 Å². The van der Waals surface area contributed by atoms with E-state index in [9.17, 15) is 4.79 Å². The summed E-state index contributed by atoms with van der Waals surface area (Å²) in [5.41, 5.74) is 2.17. The highest BCUT2D eigenvalue weighted by molar-refractivity contribution is 7.99. The number of hydrogen-bond acceptors (Lipinski definition) is 7. The number of unbranched alkanes of at least 4 members (excludes halogenated alkanes) is 1. The van der Waals surface area contributed by atoms with E-state index in [1.54, 1.807) is 16.4 Å². The predicted molar refractivity (Wildman–Crippen MR) is 124 cm³/mol. The summed E-state index contributed by atoms with van der Waals surface area (Å²) < 4.78 is 13.2. The SMILES string of the molecule is CCCCSc1nc2n(n1)C(c1cccc(OC(C)C)c1)C(C(=O)OCCC)=C(C)N2. The Balaban J connectivity index is 2.03. The number of nitrogens with zero attached hydrogens (tertiary/aromatic N) is 3. The summed E-state index contributed by atoms with van der Waals surface area (Å²) in [6.45, 7) is 10.4. The predicted octanol–water partition coefficient (Wildman–Crippen LogP) is 5.20. The summed E-state index contributed by atoms with van der Waals surface area (Å²) in [6.07, 6.45) is 3.04. The maximum atomic E-state index is 13.0. The summed E-state index contributed by atoms with van der Waals surface area (Å²) in [5.74, 6) is 2.00. The summed E-state index contributed by atoms with van der Waals surface area (Å²) in [4.78, 5) is 17.7. The molecule has 8 heteroatoms. The van der Waals surface area contributed by atoms with E-state index in [4.69, 9.17) is 14.6 Å². The average Bonchev–Trinajstić information content (AvgIpc) is 3.13. The van der Waals surface area contributed by atoms with Gasteiger partial charge in [-0.1, -0.05) is 44.2 Å². The second kappa shape index (κ2) is 10.7. The molecule has 1 aromatic carbocycles. The van der Waals surface area contributed by atoms with Crippen molar-refractivity contribution in [2.24, 2.45) is 0 Å². The van der Waals surface area contributed by atoms with Crippen molar-refractivity contribution in [3.63, 3.8) is 0 Å². The summed E-state index contributed by atoms with van der Waals surface area (Å²) in [5, 5.41) is 8.69. The van der Waals surface area contributed by atoms with Crippen LogP contribution in [0.25, 0.3) is 0 Å². The quantitative estimate of drug-likeness (QED) is 0.306. The molecule has 1 unspecified atom stereocenters. The van der Waals surface area contributed by atoms with Crippen LogP contribution in [0.2, 0.25) is 0 Å². The molecule has 1 aromatic heterocycles. The van der Waals surface area contributed by atoms with Crippen LogP contribution >= 0.6 is 11.8 Å². The molecule has 0 saturated heterocycles. The number of anilines is 1. The minimum atomic E-state index is -0.440. The second-order valence-electron chi connectivity index (χ2n) is 7.81. The molecule has 1 atom stereocenters. The third-order valence-corrected chi connectivity index (χ3v) is 5.69. The Bertz CT molecular complexity index is 939. The smallest absolute Gasteiger partial charge is 0.338 e. The van der Waals surface area contributed by atoms with Crippen LogP contribution in [0, 0.1) is 0 Å². The number of allylic oxidation sites excluding steroid dienone is 1. The zero-order chi connectivity index (χ0) is 22.4. The van der Waals surface area contributed by atoms with Gasteiger partial charge in [0.25, 0.3) is 0 Å². The van der Waals surface area contributed by atoms with Crippen LogP contribution in [0.4, 0.5) is 5.95 Å². The molecule has 168 valence electrons. The Kier molecular flexibility index (Phi) is 8.01. The van der Waals surface area contributed by atoms with E-state index in [1.807, 2.05) is 52.0 Å². The fraction of sp³-hybridized carbons (Fsp3) is 0.522. The number of ether oxygens (including phenoxy) is 2. The number of aromatic nitrogens is 3. The van der Waals surface area contributed by atoms with Crippen molar-refractivity contribution in [2.45, 2.75) is 71.2 Å². The average molecular weight is 445 g/mol. The van der Waals surface area contributed by atoms with Crippen molar-refractivity contribution >= 4 is 23.7 Å². The van der Waals surface area contributed by atoms with E-state index < -0.39 is 6.04 Å². The fourth-order valence-electron chi connectivity index (χ4n) is 3.38. The number of benzene rings is 1. The lowest BCUT2D eigenvalue weighted by Gasteiger charge is -2.28. The maximum Gasteiger partial charge on any atom is 0.338 e. The Hall–Kier alpha value is -2.48. The molecule has 0 spiro atoms. The molecule has 0 bridgehead atoms. The van der Waals surface area contributed by atoms with Gasteiger partial charge in [0.2, 0.25) is 11.1 Å². The first kappa shape index (κ1) is 23.2. The monoisotopic (exact) mass is 444 g/mol. The molecule has 7 nitrogen and oxygen atoms in total. The highest BCUT2D eigenvalue weighted by Gasteiger charge is 2.35. The van der Waals surface area contributed by atoms with E-state index in [0.29, 0.717) is 23.3 Å². The van der Waals surface area contributed by atoms with Crippen LogP contribution < -0.4 is 10.1 Å². The number of carbonyl (C=O) groups excluding carboxylic acids is 1. The van der Waals surface area contributed by atoms with Gasteiger partial charge in [0.05, 0.1) is 18.3 Å². The van der Waals surface area contributed by atoms with Gasteiger partial charge >= 0.3 is 5.97 Å². The molecule has 3 rings (SSSR count). The van der Waals surface area contributed by atoms with Crippen LogP contribution in [-0.2, 0) is 9.53 Å². The van der Waals surface area contributed by atoms with Gasteiger partial charge in [-0.05, 0) is 51.3 Å². The van der Waals surface area contributed by atoms with E-state index >= 15 is 0 Å². The van der Waals surface area contributed by atoms with E-state index in [0.717, 1.165) is 42.0 Å². The molecule has 1 aliphatic heterocycles. The largest absolute Gasteiger partial charge is 0.491 e. The third-order valence-electron chi connectivity index (χ3n) is 4.77. The summed E-state index contributed by atoms with van der Waals surface area (Å²) in [7, 11) is 0. The van der Waals surface area contributed by atoms with E-state index in [-0.39, 0.29) is 12.1 Å². The first-order chi connectivity index (χ1) is 14.9. The number of fused-ring (bicyclic) bond motifs is 1. The third kappa shape index (κ3) is 5.61. The van der Waals surface area contributed by atoms with Gasteiger partial charge in [-0.25, -0.2) is 9.48 Å². The van der Waals surface area contributed by atoms with Crippen molar-refractivity contribution in [2.75, 3.05) is 17.7 Å². The number of carbonyl (C=O) groups is 1. The van der Waals surface area contributed by atoms with Crippen LogP contribution in [0.15, 0.2) is 40.7 Å². The molecule has 31 heavy (non-hydrogen) atoms. The van der Waals surface area contributed by atoms with Crippen LogP contribution in [-0.4, -0.2) is 39.2 Å². The molecule has 0 amide bonds. The molecule has 1 aliphatic rings. The first-order valence-electron chi connectivity index (χ1n) is 10.9. The normalized spacial score (nSPS) is 15.6. The lowest BCUT2D eigenvalue weighted by atomic mass is 9.95. The molecule has 0 fully saturated rings. The van der Waals surface area contributed by atoms with Crippen molar-refractivity contribution in [3.05, 3.63) is 41.1 Å². The topological polar surface area (TPSA) is 78.3 Å². The zero-order valence-corrected chi connectivity index (χ0v) is 19.8. The highest BCUT2D eigenvalue weighted by Crippen LogP contribution is 2.37. The first-order valence-corrected chi connectivity index (χ1v) is 11.9. The molecule has 0 saturated carbocycles. The van der Waals surface area contributed by atoms with Gasteiger partial charge in [-0.3, -0.25) is 0 Å². The molecular weight excluding hydrogens is 412 g/mol. The summed E-state index contributed by atoms with van der Waals surface area (Å²) in [6, 6.07) is 7.37. The molecule has 0 aliphatic carbocycles. The van der Waals surface area contributed by atoms with Gasteiger partial charge in [0.15, 0.2) is 0 Å². The highest BCUT2D eigenvalue weighted by atomic mass is 32.2. The molecule has 2 aromatic rings. The Morgan fingerprint density at radius 2 is 2.10 bits per heavy atom. The van der Waals surface area contributed by atoms with E-state index in [1.165, 1.54) is 0 Å². The summed E-state index contributed by atoms with van der Waals surface area (Å²) >= 11 is 1.63. The fourth-order valence-corrected chi connectivity index (χ4v) is 4.29. The Morgan fingerprint density at radius 1 is 1.29 bits per heavy atom. The minimum absolute atomic E-state index is 0.0537. The second-order valence-corrected chi connectivity index (χ2v) is 8.87. The number of hydrogen-bond donors (Lipinski definition) is 1. The van der Waals surface area contributed by atoms with E-state index in [2.05, 4.69) is 17.2 Å². The Morgan fingerprint density at radius 3 is 2.81 bits per heavy atom. The van der Waals surface area contributed by atoms with Gasteiger partial charge in [0.1, 0.15) is 11.8 Å². The van der Waals surface area contributed by atoms with Crippen LogP contribution in [0.5, 0.6) is 5.75 Å². The van der Waals surface area contributed by atoms with Gasteiger partial charge in [0, 0.05) is 11.4 Å². The van der Waals surface area contributed by atoms with Crippen LogP contribution in [0.1, 0.15) is 65.5 Å². The lowest BCUT2D eigenvalue weighted by Crippen LogP contribution is -2.29. The van der Waals surface area contributed by atoms with Gasteiger partial charge in [-0.15, -0.1) is 5.10 Å².